The highest BCUT2D eigenvalue weighted by Gasteiger charge is 2.30. The molecule has 5 nitrogen and oxygen atoms in total. The van der Waals surface area contributed by atoms with Gasteiger partial charge in [-0.1, -0.05) is 54.6 Å². The molecular formula is C35H33NO4. The predicted molar refractivity (Wildman–Crippen MR) is 163 cm³/mol. The number of nitrogens with zero attached hydrogens (tertiary/aromatic N) is 1. The maximum Gasteiger partial charge on any atom is 0.169 e. The molecule has 5 aromatic carbocycles. The van der Waals surface area contributed by atoms with Gasteiger partial charge in [0.2, 0.25) is 0 Å². The summed E-state index contributed by atoms with van der Waals surface area (Å²) >= 11 is 0. The van der Waals surface area contributed by atoms with E-state index in [4.69, 9.17) is 18.9 Å². The van der Waals surface area contributed by atoms with Crippen LogP contribution < -0.4 is 23.8 Å². The summed E-state index contributed by atoms with van der Waals surface area (Å²) in [5.41, 5.74) is 10.3. The van der Waals surface area contributed by atoms with Crippen LogP contribution in [0.1, 0.15) is 11.1 Å². The summed E-state index contributed by atoms with van der Waals surface area (Å²) in [7, 11) is 8.91. The molecule has 0 N–H and O–H groups in total. The van der Waals surface area contributed by atoms with E-state index in [-0.39, 0.29) is 0 Å². The lowest BCUT2D eigenvalue weighted by Crippen LogP contribution is -2.23. The van der Waals surface area contributed by atoms with Crippen molar-refractivity contribution in [2.45, 2.75) is 13.5 Å². The van der Waals surface area contributed by atoms with Gasteiger partial charge in [0.05, 0.1) is 34.1 Å². The third-order valence-electron chi connectivity index (χ3n) is 7.93. The SMILES string of the molecule is COc1ccc2c(c1OC)CN(C)c1c-2c(C)cc2c(-c3ccc(-c4ccccc4)cc3)c(OC)c(OC)cc12. The molecule has 0 amide bonds. The lowest BCUT2D eigenvalue weighted by molar-refractivity contribution is 0.351. The number of anilines is 1. The zero-order valence-corrected chi connectivity index (χ0v) is 23.8. The normalized spacial score (nSPS) is 12.1. The van der Waals surface area contributed by atoms with E-state index < -0.39 is 0 Å². The molecule has 0 radical (unpaired) electrons. The van der Waals surface area contributed by atoms with E-state index in [2.05, 4.69) is 85.6 Å². The molecule has 0 bridgehead atoms. The second-order valence-electron chi connectivity index (χ2n) is 10.1. The summed E-state index contributed by atoms with van der Waals surface area (Å²) in [6.07, 6.45) is 0. The lowest BCUT2D eigenvalue weighted by Gasteiger charge is -2.34. The largest absolute Gasteiger partial charge is 0.493 e. The maximum absolute atomic E-state index is 6.00. The fraction of sp³-hybridized carbons (Fsp3) is 0.200. The van der Waals surface area contributed by atoms with Gasteiger partial charge < -0.3 is 23.8 Å². The lowest BCUT2D eigenvalue weighted by atomic mass is 9.84. The van der Waals surface area contributed by atoms with Crippen LogP contribution in [-0.4, -0.2) is 35.5 Å². The number of methoxy groups -OCH3 is 4. The molecule has 5 aromatic rings. The van der Waals surface area contributed by atoms with Gasteiger partial charge in [-0.25, -0.2) is 0 Å². The number of ether oxygens (including phenoxy) is 4. The predicted octanol–water partition coefficient (Wildman–Crippen LogP) is 8.13. The molecule has 0 aliphatic carbocycles. The van der Waals surface area contributed by atoms with Crippen LogP contribution in [0.5, 0.6) is 23.0 Å². The van der Waals surface area contributed by atoms with Gasteiger partial charge in [0.1, 0.15) is 0 Å². The van der Waals surface area contributed by atoms with Gasteiger partial charge in [0.15, 0.2) is 23.0 Å². The molecule has 40 heavy (non-hydrogen) atoms. The van der Waals surface area contributed by atoms with E-state index in [0.717, 1.165) is 56.0 Å². The summed E-state index contributed by atoms with van der Waals surface area (Å²) in [5.74, 6) is 2.95. The van der Waals surface area contributed by atoms with Gasteiger partial charge in [-0.3, -0.25) is 0 Å². The van der Waals surface area contributed by atoms with Crippen LogP contribution in [-0.2, 0) is 6.54 Å². The van der Waals surface area contributed by atoms with Crippen molar-refractivity contribution in [3.05, 3.63) is 90.0 Å². The zero-order valence-electron chi connectivity index (χ0n) is 23.8. The highest BCUT2D eigenvalue weighted by molar-refractivity contribution is 6.12. The molecule has 1 aliphatic rings. The van der Waals surface area contributed by atoms with Crippen LogP contribution in [0.15, 0.2) is 78.9 Å². The summed E-state index contributed by atoms with van der Waals surface area (Å²) < 4.78 is 23.3. The number of aryl methyl sites for hydroxylation is 1. The number of rotatable bonds is 6. The average molecular weight is 532 g/mol. The molecule has 0 atom stereocenters. The second-order valence-corrected chi connectivity index (χ2v) is 10.1. The summed E-state index contributed by atoms with van der Waals surface area (Å²) in [6.45, 7) is 2.87. The molecule has 0 unspecified atom stereocenters. The number of fused-ring (bicyclic) bond motifs is 5. The van der Waals surface area contributed by atoms with Gasteiger partial charge in [-0.15, -0.1) is 0 Å². The number of benzene rings is 5. The van der Waals surface area contributed by atoms with Crippen LogP contribution in [0.3, 0.4) is 0 Å². The Bertz CT molecular complexity index is 1730. The van der Waals surface area contributed by atoms with Crippen molar-refractivity contribution in [2.24, 2.45) is 0 Å². The van der Waals surface area contributed by atoms with Crippen molar-refractivity contribution in [1.29, 1.82) is 0 Å². The molecule has 1 aliphatic heterocycles. The van der Waals surface area contributed by atoms with Gasteiger partial charge in [0, 0.05) is 35.7 Å². The Balaban J connectivity index is 1.63. The minimum absolute atomic E-state index is 0.691. The third kappa shape index (κ3) is 3.92. The van der Waals surface area contributed by atoms with E-state index in [1.54, 1.807) is 28.4 Å². The number of hydrogen-bond acceptors (Lipinski definition) is 5. The van der Waals surface area contributed by atoms with E-state index >= 15 is 0 Å². The first-order chi connectivity index (χ1) is 19.5. The van der Waals surface area contributed by atoms with E-state index in [0.29, 0.717) is 12.3 Å². The molecule has 0 aromatic heterocycles. The Morgan fingerprint density at radius 3 is 1.90 bits per heavy atom. The van der Waals surface area contributed by atoms with Crippen LogP contribution in [0.25, 0.3) is 44.2 Å². The molecular weight excluding hydrogens is 498 g/mol. The van der Waals surface area contributed by atoms with E-state index in [1.807, 2.05) is 12.1 Å². The topological polar surface area (TPSA) is 40.2 Å². The summed E-state index contributed by atoms with van der Waals surface area (Å²) in [5, 5.41) is 2.24. The molecule has 0 fully saturated rings. The molecule has 0 saturated carbocycles. The average Bonchev–Trinajstić information content (AvgIpc) is 2.99. The molecule has 6 rings (SSSR count). The molecule has 0 saturated heterocycles. The summed E-state index contributed by atoms with van der Waals surface area (Å²) in [4.78, 5) is 2.29. The minimum Gasteiger partial charge on any atom is -0.493 e. The Kier molecular flexibility index (Phi) is 6.51. The Labute approximate surface area is 235 Å². The first-order valence-electron chi connectivity index (χ1n) is 13.3. The highest BCUT2D eigenvalue weighted by atomic mass is 16.5. The Morgan fingerprint density at radius 2 is 1.25 bits per heavy atom. The van der Waals surface area contributed by atoms with Crippen LogP contribution >= 0.6 is 0 Å². The van der Waals surface area contributed by atoms with Crippen LogP contribution in [0.2, 0.25) is 0 Å². The molecule has 1 heterocycles. The van der Waals surface area contributed by atoms with Crippen LogP contribution in [0.4, 0.5) is 5.69 Å². The second kappa shape index (κ2) is 10.2. The highest BCUT2D eigenvalue weighted by Crippen LogP contribution is 2.53. The van der Waals surface area contributed by atoms with Gasteiger partial charge >= 0.3 is 0 Å². The Hall–Kier alpha value is -4.64. The first kappa shape index (κ1) is 25.6. The van der Waals surface area contributed by atoms with Gasteiger partial charge in [0.25, 0.3) is 0 Å². The van der Waals surface area contributed by atoms with Gasteiger partial charge in [-0.05, 0) is 64.4 Å². The number of hydrogen-bond donors (Lipinski definition) is 0. The zero-order chi connectivity index (χ0) is 28.0. The van der Waals surface area contributed by atoms with Crippen molar-refractivity contribution in [1.82, 2.24) is 0 Å². The summed E-state index contributed by atoms with van der Waals surface area (Å²) in [6, 6.07) is 27.6. The molecule has 0 spiro atoms. The fourth-order valence-electron chi connectivity index (χ4n) is 6.15. The molecule has 5 heteroatoms. The van der Waals surface area contributed by atoms with Crippen molar-refractivity contribution in [3.8, 4) is 56.4 Å². The minimum atomic E-state index is 0.691. The van der Waals surface area contributed by atoms with Crippen molar-refractivity contribution in [2.75, 3.05) is 40.4 Å². The standard InChI is InChI=1S/C35H33NO4/c1-21-18-26-27(33-31(21)25-16-17-29(37-3)34(39-5)28(25)20-36(33)2)19-30(38-4)35(40-6)32(26)24-14-12-23(13-15-24)22-10-8-7-9-11-22/h7-19H,20H2,1-6H3. The first-order valence-corrected chi connectivity index (χ1v) is 13.3. The van der Waals surface area contributed by atoms with Crippen molar-refractivity contribution < 1.29 is 18.9 Å². The monoisotopic (exact) mass is 531 g/mol. The quantitative estimate of drug-likeness (QED) is 0.221. The van der Waals surface area contributed by atoms with Gasteiger partial charge in [-0.2, -0.15) is 0 Å². The van der Waals surface area contributed by atoms with E-state index in [9.17, 15) is 0 Å². The third-order valence-corrected chi connectivity index (χ3v) is 7.93. The maximum atomic E-state index is 6.00. The van der Waals surface area contributed by atoms with Crippen molar-refractivity contribution in [3.63, 3.8) is 0 Å². The molecule has 202 valence electrons. The van der Waals surface area contributed by atoms with E-state index in [1.165, 1.54) is 22.3 Å². The van der Waals surface area contributed by atoms with Crippen molar-refractivity contribution >= 4 is 16.5 Å². The van der Waals surface area contributed by atoms with Crippen LogP contribution in [0, 0.1) is 6.92 Å². The Morgan fingerprint density at radius 1 is 0.600 bits per heavy atom. The smallest absolute Gasteiger partial charge is 0.169 e. The fourth-order valence-corrected chi connectivity index (χ4v) is 6.15.